The molecule has 1 aromatic rings. The van der Waals surface area contributed by atoms with E-state index < -0.39 is 0 Å². The second kappa shape index (κ2) is 6.12. The van der Waals surface area contributed by atoms with Gasteiger partial charge >= 0.3 is 5.97 Å². The van der Waals surface area contributed by atoms with Crippen LogP contribution in [0.3, 0.4) is 0 Å². The number of nitrogens with zero attached hydrogens (tertiary/aromatic N) is 1. The second-order valence-corrected chi connectivity index (χ2v) is 5.14. The van der Waals surface area contributed by atoms with Gasteiger partial charge in [0.15, 0.2) is 5.75 Å². The molecule has 1 aromatic heterocycles. The van der Waals surface area contributed by atoms with Crippen LogP contribution in [0.25, 0.3) is 0 Å². The summed E-state index contributed by atoms with van der Waals surface area (Å²) in [7, 11) is 1.57. The molecule has 1 aliphatic rings. The van der Waals surface area contributed by atoms with Gasteiger partial charge < -0.3 is 25.4 Å². The van der Waals surface area contributed by atoms with Crippen molar-refractivity contribution in [3.05, 3.63) is 4.88 Å². The number of hydrogen-bond acceptors (Lipinski definition) is 7. The highest BCUT2D eigenvalue weighted by molar-refractivity contribution is 7.19. The lowest BCUT2D eigenvalue weighted by Crippen LogP contribution is -2.43. The molecule has 19 heavy (non-hydrogen) atoms. The molecule has 0 amide bonds. The third-order valence-electron chi connectivity index (χ3n) is 2.95. The summed E-state index contributed by atoms with van der Waals surface area (Å²) in [4.78, 5) is 14.5. The number of carbonyl (C=O) groups is 1. The van der Waals surface area contributed by atoms with Crippen molar-refractivity contribution in [1.29, 1.82) is 0 Å². The van der Waals surface area contributed by atoms with Crippen molar-refractivity contribution in [1.82, 2.24) is 5.32 Å². The van der Waals surface area contributed by atoms with Crippen LogP contribution in [0.15, 0.2) is 0 Å². The molecule has 0 aromatic carbocycles. The van der Waals surface area contributed by atoms with Crippen LogP contribution < -0.4 is 20.7 Å². The Labute approximate surface area is 116 Å². The maximum atomic E-state index is 11.9. The Bertz CT molecular complexity index is 455. The highest BCUT2D eigenvalue weighted by Crippen LogP contribution is 2.45. The van der Waals surface area contributed by atoms with Gasteiger partial charge in [-0.25, -0.2) is 4.79 Å². The quantitative estimate of drug-likeness (QED) is 0.801. The van der Waals surface area contributed by atoms with Crippen LogP contribution in [-0.4, -0.2) is 45.9 Å². The van der Waals surface area contributed by atoms with Gasteiger partial charge in [-0.2, -0.15) is 0 Å². The van der Waals surface area contributed by atoms with E-state index in [1.807, 2.05) is 0 Å². The minimum atomic E-state index is -0.385. The maximum Gasteiger partial charge on any atom is 0.350 e. The Kier molecular flexibility index (Phi) is 4.49. The van der Waals surface area contributed by atoms with Gasteiger partial charge in [0.2, 0.25) is 0 Å². The molecule has 0 radical (unpaired) electrons. The Morgan fingerprint density at radius 3 is 2.74 bits per heavy atom. The molecule has 0 atom stereocenters. The lowest BCUT2D eigenvalue weighted by atomic mass is 10.3. The van der Waals surface area contributed by atoms with Crippen LogP contribution in [0.1, 0.15) is 16.6 Å². The largest absolute Gasteiger partial charge is 0.492 e. The fourth-order valence-electron chi connectivity index (χ4n) is 2.04. The number of rotatable bonds is 4. The number of anilines is 2. The number of esters is 1. The summed E-state index contributed by atoms with van der Waals surface area (Å²) in [6.45, 7) is 5.68. The fourth-order valence-corrected chi connectivity index (χ4v) is 3.17. The highest BCUT2D eigenvalue weighted by Gasteiger charge is 2.26. The number of carbonyl (C=O) groups excluding carboxylic acids is 1. The number of ether oxygens (including phenoxy) is 2. The van der Waals surface area contributed by atoms with Crippen molar-refractivity contribution < 1.29 is 14.3 Å². The minimum absolute atomic E-state index is 0.335. The van der Waals surface area contributed by atoms with E-state index in [1.165, 1.54) is 11.3 Å². The molecular weight excluding hydrogens is 266 g/mol. The summed E-state index contributed by atoms with van der Waals surface area (Å²) in [5.41, 5.74) is 6.37. The second-order valence-electron chi connectivity index (χ2n) is 4.14. The van der Waals surface area contributed by atoms with Crippen LogP contribution in [0, 0.1) is 0 Å². The van der Waals surface area contributed by atoms with Crippen LogP contribution in [-0.2, 0) is 4.74 Å². The number of hydrogen-bond donors (Lipinski definition) is 2. The van der Waals surface area contributed by atoms with Gasteiger partial charge in [0.05, 0.1) is 13.7 Å². The lowest BCUT2D eigenvalue weighted by molar-refractivity contribution is 0.0533. The first-order valence-electron chi connectivity index (χ1n) is 6.28. The zero-order chi connectivity index (χ0) is 13.8. The van der Waals surface area contributed by atoms with Crippen molar-refractivity contribution in [2.24, 2.45) is 0 Å². The monoisotopic (exact) mass is 285 g/mol. The van der Waals surface area contributed by atoms with Gasteiger partial charge in [-0.3, -0.25) is 0 Å². The molecule has 1 fully saturated rings. The van der Waals surface area contributed by atoms with E-state index in [1.54, 1.807) is 14.0 Å². The lowest BCUT2D eigenvalue weighted by Gasteiger charge is -2.28. The Hall–Kier alpha value is -1.47. The van der Waals surface area contributed by atoms with E-state index in [9.17, 15) is 4.79 Å². The SMILES string of the molecule is CCOC(=O)c1sc(N2CCNCC2)c(OC)c1N. The first kappa shape index (κ1) is 14.0. The molecule has 1 aliphatic heterocycles. The summed E-state index contributed by atoms with van der Waals surface area (Å²) < 4.78 is 10.4. The van der Waals surface area contributed by atoms with Crippen LogP contribution >= 0.6 is 11.3 Å². The standard InChI is InChI=1S/C12H19N3O3S/c1-3-18-12(16)10-8(13)9(17-2)11(19-10)15-6-4-14-5-7-15/h14H,3-7,13H2,1-2H3. The van der Waals surface area contributed by atoms with E-state index in [2.05, 4.69) is 10.2 Å². The smallest absolute Gasteiger partial charge is 0.350 e. The molecule has 3 N–H and O–H groups in total. The van der Waals surface area contributed by atoms with Gasteiger partial charge in [0, 0.05) is 26.2 Å². The molecule has 0 unspecified atom stereocenters. The van der Waals surface area contributed by atoms with Gasteiger partial charge in [-0.15, -0.1) is 11.3 Å². The summed E-state index contributed by atoms with van der Waals surface area (Å²) in [6.07, 6.45) is 0. The molecule has 2 heterocycles. The summed E-state index contributed by atoms with van der Waals surface area (Å²) in [5, 5.41) is 4.19. The van der Waals surface area contributed by atoms with Crippen LogP contribution in [0.4, 0.5) is 10.7 Å². The van der Waals surface area contributed by atoms with Gasteiger partial charge in [-0.1, -0.05) is 0 Å². The summed E-state index contributed by atoms with van der Waals surface area (Å²) in [6, 6.07) is 0. The maximum absolute atomic E-state index is 11.9. The van der Waals surface area contributed by atoms with Crippen molar-refractivity contribution in [2.45, 2.75) is 6.92 Å². The third-order valence-corrected chi connectivity index (χ3v) is 4.18. The zero-order valence-electron chi connectivity index (χ0n) is 11.2. The highest BCUT2D eigenvalue weighted by atomic mass is 32.1. The molecule has 6 nitrogen and oxygen atoms in total. The first-order valence-corrected chi connectivity index (χ1v) is 7.09. The Morgan fingerprint density at radius 1 is 1.47 bits per heavy atom. The van der Waals surface area contributed by atoms with E-state index in [-0.39, 0.29) is 5.97 Å². The van der Waals surface area contributed by atoms with Crippen molar-refractivity contribution >= 4 is 28.0 Å². The summed E-state index contributed by atoms with van der Waals surface area (Å²) >= 11 is 1.34. The average molecular weight is 285 g/mol. The average Bonchev–Trinajstić information content (AvgIpc) is 2.77. The molecule has 106 valence electrons. The van der Waals surface area contributed by atoms with Crippen molar-refractivity contribution in [3.8, 4) is 5.75 Å². The third kappa shape index (κ3) is 2.76. The first-order chi connectivity index (χ1) is 9.19. The van der Waals surface area contributed by atoms with E-state index in [0.29, 0.717) is 22.9 Å². The van der Waals surface area contributed by atoms with Gasteiger partial charge in [0.25, 0.3) is 0 Å². The number of nitrogen functional groups attached to an aromatic ring is 1. The molecule has 0 saturated carbocycles. The number of nitrogens with two attached hydrogens (primary N) is 1. The topological polar surface area (TPSA) is 76.8 Å². The number of methoxy groups -OCH3 is 1. The number of piperazine rings is 1. The van der Waals surface area contributed by atoms with Crippen molar-refractivity contribution in [2.75, 3.05) is 50.5 Å². The number of thiophene rings is 1. The van der Waals surface area contributed by atoms with Crippen molar-refractivity contribution in [3.63, 3.8) is 0 Å². The Balaban J connectivity index is 2.32. The van der Waals surface area contributed by atoms with E-state index in [4.69, 9.17) is 15.2 Å². The molecule has 0 aliphatic carbocycles. The molecule has 0 spiro atoms. The van der Waals surface area contributed by atoms with Gasteiger partial charge in [-0.05, 0) is 6.92 Å². The Morgan fingerprint density at radius 2 is 2.16 bits per heavy atom. The fraction of sp³-hybridized carbons (Fsp3) is 0.583. The summed E-state index contributed by atoms with van der Waals surface area (Å²) in [5.74, 6) is 0.194. The predicted octanol–water partition coefficient (Wildman–Crippen LogP) is 0.925. The molecule has 0 bridgehead atoms. The predicted molar refractivity (Wildman–Crippen MR) is 76.3 cm³/mol. The molecular formula is C12H19N3O3S. The van der Waals surface area contributed by atoms with E-state index in [0.717, 1.165) is 31.2 Å². The van der Waals surface area contributed by atoms with Gasteiger partial charge in [0.1, 0.15) is 15.6 Å². The van der Waals surface area contributed by atoms with Crippen LogP contribution in [0.2, 0.25) is 0 Å². The molecule has 1 saturated heterocycles. The zero-order valence-corrected chi connectivity index (χ0v) is 12.0. The molecule has 2 rings (SSSR count). The van der Waals surface area contributed by atoms with E-state index >= 15 is 0 Å². The number of nitrogens with one attached hydrogen (secondary N) is 1. The normalized spacial score (nSPS) is 15.4. The molecule has 7 heteroatoms. The van der Waals surface area contributed by atoms with Crippen LogP contribution in [0.5, 0.6) is 5.75 Å². The minimum Gasteiger partial charge on any atom is -0.492 e.